The second-order valence-corrected chi connectivity index (χ2v) is 2.93. The maximum atomic E-state index is 10.3. The van der Waals surface area contributed by atoms with Crippen LogP contribution >= 0.6 is 0 Å². The molecule has 0 aliphatic carbocycles. The average molecular weight is 138 g/mol. The van der Waals surface area contributed by atoms with Crippen molar-refractivity contribution in [3.05, 3.63) is 12.7 Å². The van der Waals surface area contributed by atoms with E-state index in [0.717, 1.165) is 49.5 Å². The first-order chi connectivity index (χ1) is 3.81. The Bertz CT molecular complexity index is 90.4. The maximum absolute atomic E-state index is 10.3. The van der Waals surface area contributed by atoms with Crippen LogP contribution in [0.4, 0.5) is 0 Å². The van der Waals surface area contributed by atoms with E-state index in [1.807, 2.05) is 0 Å². The van der Waals surface area contributed by atoms with E-state index >= 15 is 0 Å². The average Bonchev–Trinajstić information content (AvgIpc) is 1.83. The summed E-state index contributed by atoms with van der Waals surface area (Å²) in [6.45, 7) is 3.83. The number of carbonyl (C=O) groups excluding carboxylic acids is 1. The van der Waals surface area contributed by atoms with Crippen molar-refractivity contribution < 1.29 is 9.53 Å². The van der Waals surface area contributed by atoms with Gasteiger partial charge in [-0.05, 0) is 0 Å². The molecule has 0 aliphatic rings. The van der Waals surface area contributed by atoms with E-state index in [1.165, 1.54) is 6.08 Å². The third kappa shape index (κ3) is 4.99. The van der Waals surface area contributed by atoms with Crippen LogP contribution in [-0.4, -0.2) is 61.5 Å². The summed E-state index contributed by atoms with van der Waals surface area (Å²) in [5.41, 5.74) is 0. The Morgan fingerprint density at radius 2 is 2.50 bits per heavy atom. The summed E-state index contributed by atoms with van der Waals surface area (Å²) in [5, 5.41) is 0. The van der Waals surface area contributed by atoms with Crippen molar-refractivity contribution in [3.63, 3.8) is 0 Å². The molecule has 0 heterocycles. The molecule has 0 amide bonds. The molecule has 0 unspecified atom stereocenters. The molecule has 0 aromatic rings. The number of esters is 1. The second kappa shape index (κ2) is 5.97. The van der Waals surface area contributed by atoms with E-state index in [0.29, 0.717) is 6.61 Å². The van der Waals surface area contributed by atoms with Crippen LogP contribution in [0.1, 0.15) is 0 Å². The van der Waals surface area contributed by atoms with Crippen LogP contribution in [-0.2, 0) is 9.53 Å². The van der Waals surface area contributed by atoms with Crippen LogP contribution in [0.3, 0.4) is 0 Å². The Morgan fingerprint density at radius 3 is 2.88 bits per heavy atom. The van der Waals surface area contributed by atoms with Gasteiger partial charge in [-0.1, -0.05) is 0 Å². The number of rotatable bonds is 3. The molecule has 0 rings (SSSR count). The van der Waals surface area contributed by atoms with Crippen molar-refractivity contribution in [2.24, 2.45) is 0 Å². The van der Waals surface area contributed by atoms with Gasteiger partial charge in [-0.25, -0.2) is 0 Å². The molecule has 3 heteroatoms. The fraction of sp³-hybridized carbons (Fsp3) is 0.400. The minimum atomic E-state index is -0.311. The van der Waals surface area contributed by atoms with Gasteiger partial charge in [-0.2, -0.15) is 0 Å². The van der Waals surface area contributed by atoms with Gasteiger partial charge in [-0.15, -0.1) is 0 Å². The second-order valence-electron chi connectivity index (χ2n) is 1.37. The summed E-state index contributed by atoms with van der Waals surface area (Å²) in [5.74, 6) is -0.311. The van der Waals surface area contributed by atoms with Crippen LogP contribution in [0, 0.1) is 0 Å². The molecule has 0 spiro atoms. The van der Waals surface area contributed by atoms with Crippen LogP contribution in [0.2, 0.25) is 0.515 Å². The number of ether oxygens (including phenoxy) is 1. The van der Waals surface area contributed by atoms with Crippen molar-refractivity contribution in [1.82, 2.24) is 0 Å². The van der Waals surface area contributed by atoms with E-state index in [1.54, 1.807) is 0 Å². The van der Waals surface area contributed by atoms with Crippen LogP contribution in [0.5, 0.6) is 0 Å². The van der Waals surface area contributed by atoms with Gasteiger partial charge in [0.05, 0.1) is 0 Å². The summed E-state index contributed by atoms with van der Waals surface area (Å²) in [6.07, 6.45) is 1.18. The van der Waals surface area contributed by atoms with Crippen molar-refractivity contribution in [2.75, 3.05) is 6.61 Å². The Morgan fingerprint density at radius 1 is 1.88 bits per heavy atom. The fourth-order valence-electron chi connectivity index (χ4n) is 0.262. The van der Waals surface area contributed by atoms with Crippen molar-refractivity contribution in [3.8, 4) is 0 Å². The van der Waals surface area contributed by atoms with E-state index in [-0.39, 0.29) is 5.97 Å². The van der Waals surface area contributed by atoms with Gasteiger partial charge in [-0.3, -0.25) is 0 Å². The molecule has 0 fully saturated rings. The molecule has 0 N–H and O–H groups in total. The summed E-state index contributed by atoms with van der Waals surface area (Å²) >= 11 is 0.786. The predicted molar refractivity (Wildman–Crippen MR) is 31.7 cm³/mol. The zero-order valence-corrected chi connectivity index (χ0v) is 8.14. The molecule has 0 aromatic heterocycles. The number of carbonyl (C=O) groups is 1. The Labute approximate surface area is 82.9 Å². The molecule has 0 bridgehead atoms. The quantitative estimate of drug-likeness (QED) is 0.318. The van der Waals surface area contributed by atoms with Gasteiger partial charge in [0.1, 0.15) is 0 Å². The number of hydrogen-bond donors (Lipinski definition) is 0. The van der Waals surface area contributed by atoms with E-state index in [2.05, 4.69) is 11.3 Å². The molecule has 0 aromatic carbocycles. The van der Waals surface area contributed by atoms with Gasteiger partial charge >= 0.3 is 84.2 Å². The SMILES string of the molecule is C=CC(=O)OC[CH2][K]. The molecule has 0 aliphatic heterocycles. The van der Waals surface area contributed by atoms with Crippen molar-refractivity contribution in [2.45, 2.75) is 0.515 Å². The molecule has 2 nitrogen and oxygen atoms in total. The summed E-state index contributed by atoms with van der Waals surface area (Å²) in [7, 11) is 0. The van der Waals surface area contributed by atoms with Crippen LogP contribution in [0.15, 0.2) is 12.7 Å². The monoisotopic (exact) mass is 138 g/mol. The molecule has 40 valence electrons. The van der Waals surface area contributed by atoms with Gasteiger partial charge < -0.3 is 0 Å². The third-order valence-electron chi connectivity index (χ3n) is 0.615. The first kappa shape index (κ1) is 8.85. The van der Waals surface area contributed by atoms with Gasteiger partial charge in [0.2, 0.25) is 0 Å². The van der Waals surface area contributed by atoms with Crippen molar-refractivity contribution in [1.29, 1.82) is 0 Å². The zero-order chi connectivity index (χ0) is 6.41. The third-order valence-corrected chi connectivity index (χ3v) is 1.25. The van der Waals surface area contributed by atoms with E-state index in [4.69, 9.17) is 0 Å². The van der Waals surface area contributed by atoms with E-state index in [9.17, 15) is 4.79 Å². The standard InChI is InChI=1S/C5H7O2.K/c1-3-5(6)7-4-2;/h3H,1-2,4H2;. The van der Waals surface area contributed by atoms with Gasteiger partial charge in [0.25, 0.3) is 0 Å². The zero-order valence-electron chi connectivity index (χ0n) is 5.02. The van der Waals surface area contributed by atoms with Crippen LogP contribution < -0.4 is 0 Å². The van der Waals surface area contributed by atoms with E-state index < -0.39 is 0 Å². The summed E-state index contributed by atoms with van der Waals surface area (Å²) in [4.78, 5) is 10.3. The predicted octanol–water partition coefficient (Wildman–Crippen LogP) is 0.302. The van der Waals surface area contributed by atoms with Crippen LogP contribution in [0.25, 0.3) is 0 Å². The van der Waals surface area contributed by atoms with Gasteiger partial charge in [0, 0.05) is 0 Å². The molecule has 8 heavy (non-hydrogen) atoms. The molecular weight excluding hydrogens is 131 g/mol. The molecule has 0 radical (unpaired) electrons. The topological polar surface area (TPSA) is 26.3 Å². The molecule has 0 saturated carbocycles. The van der Waals surface area contributed by atoms with Gasteiger partial charge in [0.15, 0.2) is 0 Å². The normalized spacial score (nSPS) is 8.25. The Hall–Kier alpha value is 0.846. The molecule has 0 saturated heterocycles. The fourth-order valence-corrected chi connectivity index (χ4v) is 0.580. The number of hydrogen-bond acceptors (Lipinski definition) is 2. The molecular formula is C5H7KO2. The summed E-state index contributed by atoms with van der Waals surface area (Å²) in [6, 6.07) is 0. The first-order valence-electron chi connectivity index (χ1n) is 2.60. The van der Waals surface area contributed by atoms with Crippen molar-refractivity contribution >= 4 is 54.9 Å². The Kier molecular flexibility index (Phi) is 6.61. The first-order valence-corrected chi connectivity index (χ1v) is 4.81. The Balaban J connectivity index is 3.11. The summed E-state index contributed by atoms with van der Waals surface area (Å²) < 4.78 is 5.68. The molecule has 0 atom stereocenters. The minimum absolute atomic E-state index is 0.311.